The molecule has 1 unspecified atom stereocenters. The van der Waals surface area contributed by atoms with Gasteiger partial charge in [0.25, 0.3) is 0 Å². The minimum atomic E-state index is -0.490. The van der Waals surface area contributed by atoms with Crippen molar-refractivity contribution in [3.8, 4) is 0 Å². The van der Waals surface area contributed by atoms with Gasteiger partial charge in [0, 0.05) is 33.2 Å². The average Bonchev–Trinajstić information content (AvgIpc) is 2.54. The van der Waals surface area contributed by atoms with Crippen molar-refractivity contribution >= 4 is 29.3 Å². The highest BCUT2D eigenvalue weighted by Crippen LogP contribution is 2.29. The lowest BCUT2D eigenvalue weighted by Gasteiger charge is -2.31. The quantitative estimate of drug-likeness (QED) is 0.436. The molecule has 1 aliphatic rings. The number of ether oxygens (including phenoxy) is 1. The molecule has 1 fully saturated rings. The van der Waals surface area contributed by atoms with Crippen molar-refractivity contribution in [2.45, 2.75) is 66.0 Å². The predicted molar refractivity (Wildman–Crippen MR) is 107 cm³/mol. The van der Waals surface area contributed by atoms with Gasteiger partial charge in [-0.2, -0.15) is 0 Å². The summed E-state index contributed by atoms with van der Waals surface area (Å²) < 4.78 is 5.39. The molecule has 25 heavy (non-hydrogen) atoms. The summed E-state index contributed by atoms with van der Waals surface area (Å²) in [4.78, 5) is 20.7. The highest BCUT2D eigenvalue weighted by Gasteiger charge is 2.32. The van der Waals surface area contributed by atoms with Crippen LogP contribution in [0, 0.1) is 5.41 Å². The second kappa shape index (κ2) is 8.34. The van der Waals surface area contributed by atoms with Crippen molar-refractivity contribution in [3.63, 3.8) is 0 Å². The summed E-state index contributed by atoms with van der Waals surface area (Å²) >= 11 is 5.53. The van der Waals surface area contributed by atoms with Crippen LogP contribution in [0.15, 0.2) is 4.99 Å². The van der Waals surface area contributed by atoms with Gasteiger partial charge in [-0.1, -0.05) is 13.8 Å². The van der Waals surface area contributed by atoms with E-state index >= 15 is 0 Å². The fraction of sp³-hybridized carbons (Fsp3) is 0.833. The molecule has 0 aromatic carbocycles. The second-order valence-corrected chi connectivity index (χ2v) is 9.12. The van der Waals surface area contributed by atoms with E-state index in [0.717, 1.165) is 31.8 Å². The summed E-state index contributed by atoms with van der Waals surface area (Å²) in [6, 6.07) is 0.0663. The van der Waals surface area contributed by atoms with Crippen molar-refractivity contribution < 1.29 is 9.53 Å². The maximum Gasteiger partial charge on any atom is 0.407 e. The number of amides is 1. The summed E-state index contributed by atoms with van der Waals surface area (Å²) in [5.41, 5.74) is -0.474. The van der Waals surface area contributed by atoms with Crippen LogP contribution in [0.3, 0.4) is 0 Å². The number of nitrogens with one attached hydrogen (secondary N) is 1. The van der Waals surface area contributed by atoms with E-state index in [9.17, 15) is 4.79 Å². The summed E-state index contributed by atoms with van der Waals surface area (Å²) in [5, 5.41) is 3.62. The summed E-state index contributed by atoms with van der Waals surface area (Å²) in [5.74, 6) is 0.885. The van der Waals surface area contributed by atoms with Gasteiger partial charge in [0.2, 0.25) is 0 Å². The lowest BCUT2D eigenvalue weighted by molar-refractivity contribution is 0.0493. The zero-order valence-electron chi connectivity index (χ0n) is 17.0. The topological polar surface area (TPSA) is 57.2 Å². The Bertz CT molecular complexity index is 524. The molecule has 1 atom stereocenters. The Morgan fingerprint density at radius 1 is 1.36 bits per heavy atom. The van der Waals surface area contributed by atoms with Crippen molar-refractivity contribution in [3.05, 3.63) is 0 Å². The second-order valence-electron chi connectivity index (χ2n) is 8.76. The highest BCUT2D eigenvalue weighted by molar-refractivity contribution is 7.80. The largest absolute Gasteiger partial charge is 0.444 e. The van der Waals surface area contributed by atoms with Crippen LogP contribution in [0.25, 0.3) is 0 Å². The molecule has 1 amide bonds. The molecule has 0 saturated carbocycles. The number of likely N-dealkylation sites (tertiary alicyclic amines) is 1. The van der Waals surface area contributed by atoms with E-state index < -0.39 is 5.60 Å². The molecule has 1 saturated heterocycles. The van der Waals surface area contributed by atoms with Crippen LogP contribution in [-0.4, -0.2) is 65.7 Å². The van der Waals surface area contributed by atoms with Crippen LogP contribution >= 0.6 is 12.2 Å². The van der Waals surface area contributed by atoms with Crippen LogP contribution < -0.4 is 5.32 Å². The van der Waals surface area contributed by atoms with Gasteiger partial charge >= 0.3 is 6.09 Å². The van der Waals surface area contributed by atoms with Crippen molar-refractivity contribution in [2.75, 3.05) is 27.2 Å². The minimum absolute atomic E-state index is 0.0157. The van der Waals surface area contributed by atoms with E-state index in [1.165, 1.54) is 0 Å². The number of rotatable bonds is 1. The van der Waals surface area contributed by atoms with Gasteiger partial charge in [-0.25, -0.2) is 9.79 Å². The van der Waals surface area contributed by atoms with Gasteiger partial charge in [0.05, 0.1) is 0 Å². The van der Waals surface area contributed by atoms with Crippen LogP contribution in [-0.2, 0) is 4.74 Å². The number of amidine groups is 1. The Balaban J connectivity index is 2.76. The molecule has 0 radical (unpaired) electrons. The first-order valence-electron chi connectivity index (χ1n) is 8.80. The van der Waals surface area contributed by atoms with E-state index in [-0.39, 0.29) is 17.6 Å². The number of alkyl carbamates (subject to hydrolysis) is 1. The number of hydrogen-bond donors (Lipinski definition) is 1. The van der Waals surface area contributed by atoms with E-state index in [1.54, 1.807) is 0 Å². The normalized spacial score (nSPS) is 21.4. The Hall–Kier alpha value is -1.37. The zero-order chi connectivity index (χ0) is 19.4. The standard InChI is InChI=1S/C18H34N4O2S/c1-13(21(7)8)19-15(25)22-10-9-14(11-18(5,6)12-22)20-16(23)24-17(2,3)4/h14H,9-12H2,1-8H3,(H,20,23). The number of thiocarbonyl (C=S) groups is 1. The van der Waals surface area contributed by atoms with E-state index in [2.05, 4.69) is 29.1 Å². The SMILES string of the molecule is CC(=NC(=S)N1CCC(NC(=O)OC(C)(C)C)CC(C)(C)C1)N(C)C. The molecule has 1 heterocycles. The molecule has 6 nitrogen and oxygen atoms in total. The molecule has 144 valence electrons. The first-order valence-corrected chi connectivity index (χ1v) is 9.21. The molecule has 1 aliphatic heterocycles. The first kappa shape index (κ1) is 21.7. The Kier molecular flexibility index (Phi) is 7.23. The lowest BCUT2D eigenvalue weighted by Crippen LogP contribution is -2.41. The fourth-order valence-corrected chi connectivity index (χ4v) is 3.10. The van der Waals surface area contributed by atoms with Crippen molar-refractivity contribution in [1.82, 2.24) is 15.1 Å². The molecule has 0 spiro atoms. The van der Waals surface area contributed by atoms with Crippen LogP contribution in [0.4, 0.5) is 4.79 Å². The lowest BCUT2D eigenvalue weighted by atomic mass is 9.86. The van der Waals surface area contributed by atoms with Crippen molar-refractivity contribution in [2.24, 2.45) is 10.4 Å². The number of carbonyl (C=O) groups is 1. The Morgan fingerprint density at radius 3 is 2.48 bits per heavy atom. The molecule has 1 rings (SSSR count). The molecule has 0 aromatic heterocycles. The average molecular weight is 371 g/mol. The van der Waals surface area contributed by atoms with Gasteiger partial charge in [0.1, 0.15) is 11.4 Å². The van der Waals surface area contributed by atoms with E-state index in [4.69, 9.17) is 17.0 Å². The number of nitrogens with zero attached hydrogens (tertiary/aromatic N) is 3. The van der Waals surface area contributed by atoms with Gasteiger partial charge in [-0.05, 0) is 58.2 Å². The molecule has 0 aromatic rings. The summed E-state index contributed by atoms with van der Waals surface area (Å²) in [6.45, 7) is 13.5. The molecule has 0 bridgehead atoms. The number of aliphatic imine (C=N–C) groups is 1. The monoisotopic (exact) mass is 370 g/mol. The first-order chi connectivity index (χ1) is 11.3. The Labute approximate surface area is 158 Å². The molecular formula is C18H34N4O2S. The maximum absolute atomic E-state index is 12.1. The third-order valence-corrected chi connectivity index (χ3v) is 4.41. The summed E-state index contributed by atoms with van der Waals surface area (Å²) in [6.07, 6.45) is 1.34. The van der Waals surface area contributed by atoms with Gasteiger partial charge in [-0.3, -0.25) is 0 Å². The van der Waals surface area contributed by atoms with Crippen molar-refractivity contribution in [1.29, 1.82) is 0 Å². The van der Waals surface area contributed by atoms with Crippen LogP contribution in [0.2, 0.25) is 0 Å². The predicted octanol–water partition coefficient (Wildman–Crippen LogP) is 3.27. The third kappa shape index (κ3) is 8.03. The van der Waals surface area contributed by atoms with Gasteiger partial charge < -0.3 is 19.9 Å². The number of hydrogen-bond acceptors (Lipinski definition) is 3. The van der Waals surface area contributed by atoms with Gasteiger partial charge in [-0.15, -0.1) is 0 Å². The number of carbonyl (C=O) groups excluding carboxylic acids is 1. The molecule has 1 N–H and O–H groups in total. The molecule has 7 heteroatoms. The summed E-state index contributed by atoms with van der Waals surface area (Å²) in [7, 11) is 3.91. The Morgan fingerprint density at radius 2 is 1.96 bits per heavy atom. The van der Waals surface area contributed by atoms with Crippen LogP contribution in [0.1, 0.15) is 54.4 Å². The smallest absolute Gasteiger partial charge is 0.407 e. The fourth-order valence-electron chi connectivity index (χ4n) is 2.81. The highest BCUT2D eigenvalue weighted by atomic mass is 32.1. The molecular weight excluding hydrogens is 336 g/mol. The molecule has 0 aliphatic carbocycles. The third-order valence-electron chi connectivity index (χ3n) is 4.06. The van der Waals surface area contributed by atoms with Gasteiger partial charge in [0.15, 0.2) is 5.11 Å². The van der Waals surface area contributed by atoms with E-state index in [0.29, 0.717) is 5.11 Å². The zero-order valence-corrected chi connectivity index (χ0v) is 17.8. The van der Waals surface area contributed by atoms with Crippen LogP contribution in [0.5, 0.6) is 0 Å². The maximum atomic E-state index is 12.1. The van der Waals surface area contributed by atoms with E-state index in [1.807, 2.05) is 46.7 Å². The minimum Gasteiger partial charge on any atom is -0.444 e.